The summed E-state index contributed by atoms with van der Waals surface area (Å²) in [6.07, 6.45) is 0. The molecule has 2 nitrogen and oxygen atoms in total. The second-order valence-corrected chi connectivity index (χ2v) is 10.7. The summed E-state index contributed by atoms with van der Waals surface area (Å²) in [5, 5.41) is 5.07. The van der Waals surface area contributed by atoms with Crippen LogP contribution in [-0.4, -0.2) is 9.97 Å². The van der Waals surface area contributed by atoms with Gasteiger partial charge in [-0.15, -0.1) is 0 Å². The first-order valence-electron chi connectivity index (χ1n) is 6.81. The van der Waals surface area contributed by atoms with E-state index in [0.29, 0.717) is 0 Å². The van der Waals surface area contributed by atoms with E-state index in [2.05, 4.69) is 58.5 Å². The van der Waals surface area contributed by atoms with Crippen LogP contribution >= 0.6 is 41.2 Å². The molecule has 2 aromatic heterocycles. The highest BCUT2D eigenvalue weighted by Gasteiger charge is 2.23. The Labute approximate surface area is 142 Å². The number of nitrogens with one attached hydrogen (secondary N) is 2. The molecule has 1 aliphatic rings. The number of aromatic amines is 2. The topological polar surface area (TPSA) is 31.6 Å². The molecule has 0 saturated carbocycles. The van der Waals surface area contributed by atoms with Gasteiger partial charge in [-0.3, -0.25) is 0 Å². The van der Waals surface area contributed by atoms with Gasteiger partial charge in [0, 0.05) is 32.9 Å². The summed E-state index contributed by atoms with van der Waals surface area (Å²) >= 11 is 0. The number of para-hydroxylation sites is 2. The normalized spacial score (nSPS) is 14.5. The molecular weight excluding hydrogens is 348 g/mol. The Balaban J connectivity index is 1.95. The van der Waals surface area contributed by atoms with E-state index < -0.39 is 0 Å². The summed E-state index contributed by atoms with van der Waals surface area (Å²) in [6, 6.07) is 17.1. The van der Waals surface area contributed by atoms with Crippen molar-refractivity contribution >= 4 is 63.0 Å². The van der Waals surface area contributed by atoms with Crippen LogP contribution < -0.4 is 0 Å². The summed E-state index contributed by atoms with van der Waals surface area (Å²) in [6.45, 7) is 0. The van der Waals surface area contributed by atoms with E-state index in [9.17, 15) is 0 Å². The average molecular weight is 359 g/mol. The Morgan fingerprint density at radius 1 is 0.591 bits per heavy atom. The molecule has 6 heteroatoms. The summed E-state index contributed by atoms with van der Waals surface area (Å²) in [4.78, 5) is 7.17. The molecule has 2 N–H and O–H groups in total. The van der Waals surface area contributed by atoms with Crippen molar-refractivity contribution in [2.75, 3.05) is 0 Å². The molecule has 0 bridgehead atoms. The standard InChI is InChI=1S/C16H10N2S4/c1-3-7-11-9(5-1)13-14-10-6-2-4-8-12(10)18-16(14)20-22-21-19-15(13)17-11/h1-8,17-18H. The first kappa shape index (κ1) is 13.4. The maximum Gasteiger partial charge on any atom is 0.0929 e. The van der Waals surface area contributed by atoms with Crippen LogP contribution in [0.5, 0.6) is 0 Å². The molecule has 0 spiro atoms. The third kappa shape index (κ3) is 1.94. The van der Waals surface area contributed by atoms with Crippen molar-refractivity contribution in [2.45, 2.75) is 10.1 Å². The fourth-order valence-electron chi connectivity index (χ4n) is 2.95. The van der Waals surface area contributed by atoms with Crippen LogP contribution in [0.4, 0.5) is 0 Å². The smallest absolute Gasteiger partial charge is 0.0929 e. The monoisotopic (exact) mass is 358 g/mol. The largest absolute Gasteiger partial charge is 0.349 e. The minimum absolute atomic E-state index is 1.20. The van der Waals surface area contributed by atoms with Gasteiger partial charge in [0.15, 0.2) is 0 Å². The molecule has 108 valence electrons. The lowest BCUT2D eigenvalue weighted by atomic mass is 10.0. The maximum absolute atomic E-state index is 3.58. The van der Waals surface area contributed by atoms with Crippen molar-refractivity contribution in [3.63, 3.8) is 0 Å². The van der Waals surface area contributed by atoms with Gasteiger partial charge in [0.1, 0.15) is 0 Å². The van der Waals surface area contributed by atoms with Gasteiger partial charge in [-0.2, -0.15) is 0 Å². The minimum atomic E-state index is 1.20. The lowest BCUT2D eigenvalue weighted by Crippen LogP contribution is -1.81. The first-order chi connectivity index (χ1) is 10.9. The molecule has 4 aromatic rings. The van der Waals surface area contributed by atoms with Crippen LogP contribution in [-0.2, 0) is 0 Å². The van der Waals surface area contributed by atoms with E-state index in [1.54, 1.807) is 19.7 Å². The Bertz CT molecular complexity index is 920. The molecule has 2 aromatic carbocycles. The predicted octanol–water partition coefficient (Wildman–Crippen LogP) is 6.73. The molecular formula is C16H10N2S4. The van der Waals surface area contributed by atoms with Crippen LogP contribution in [0.1, 0.15) is 0 Å². The summed E-state index contributed by atoms with van der Waals surface area (Å²) in [5.74, 6) is 0. The fourth-order valence-corrected chi connectivity index (χ4v) is 8.59. The summed E-state index contributed by atoms with van der Waals surface area (Å²) in [7, 11) is 7.24. The Morgan fingerprint density at radius 3 is 1.55 bits per heavy atom. The third-order valence-electron chi connectivity index (χ3n) is 3.86. The van der Waals surface area contributed by atoms with E-state index in [1.165, 1.54) is 43.0 Å². The Kier molecular flexibility index (Phi) is 3.18. The zero-order chi connectivity index (χ0) is 14.5. The van der Waals surface area contributed by atoms with Gasteiger partial charge in [0.2, 0.25) is 0 Å². The highest BCUT2D eigenvalue weighted by atomic mass is 33.7. The zero-order valence-corrected chi connectivity index (χ0v) is 14.5. The number of H-pyrrole nitrogens is 2. The third-order valence-corrected chi connectivity index (χ3v) is 9.79. The van der Waals surface area contributed by atoms with Gasteiger partial charge < -0.3 is 9.97 Å². The van der Waals surface area contributed by atoms with Gasteiger partial charge >= 0.3 is 0 Å². The highest BCUT2D eigenvalue weighted by molar-refractivity contribution is 9.26. The van der Waals surface area contributed by atoms with Crippen molar-refractivity contribution in [3.05, 3.63) is 48.5 Å². The average Bonchev–Trinajstić information content (AvgIpc) is 3.06. The van der Waals surface area contributed by atoms with Gasteiger partial charge in [-0.05, 0) is 53.4 Å². The van der Waals surface area contributed by atoms with E-state index in [0.717, 1.165) is 0 Å². The van der Waals surface area contributed by atoms with Gasteiger partial charge in [-0.25, -0.2) is 0 Å². The van der Waals surface area contributed by atoms with Crippen molar-refractivity contribution in [1.82, 2.24) is 9.97 Å². The molecule has 0 unspecified atom stereocenters. The number of aromatic nitrogens is 2. The molecule has 1 aliphatic heterocycles. The lowest BCUT2D eigenvalue weighted by Gasteiger charge is -2.09. The van der Waals surface area contributed by atoms with Crippen molar-refractivity contribution in [3.8, 4) is 11.1 Å². The SMILES string of the molecule is c1ccc2c3c([nH]c2c1)SSSSc1[nH]c2ccccc2c1-3. The molecule has 0 amide bonds. The summed E-state index contributed by atoms with van der Waals surface area (Å²) < 4.78 is 0. The molecule has 0 radical (unpaired) electrons. The van der Waals surface area contributed by atoms with Gasteiger partial charge in [0.25, 0.3) is 0 Å². The second-order valence-electron chi connectivity index (χ2n) is 5.05. The quantitative estimate of drug-likeness (QED) is 0.341. The van der Waals surface area contributed by atoms with Crippen LogP contribution in [0.2, 0.25) is 0 Å². The molecule has 3 heterocycles. The van der Waals surface area contributed by atoms with E-state index >= 15 is 0 Å². The van der Waals surface area contributed by atoms with E-state index in [4.69, 9.17) is 0 Å². The number of benzene rings is 2. The van der Waals surface area contributed by atoms with Crippen LogP contribution in [0, 0.1) is 0 Å². The fraction of sp³-hybridized carbons (Fsp3) is 0. The summed E-state index contributed by atoms with van der Waals surface area (Å²) in [5.41, 5.74) is 5.06. The second kappa shape index (κ2) is 5.23. The maximum atomic E-state index is 3.58. The van der Waals surface area contributed by atoms with Crippen LogP contribution in [0.25, 0.3) is 32.9 Å². The van der Waals surface area contributed by atoms with Crippen molar-refractivity contribution in [1.29, 1.82) is 0 Å². The van der Waals surface area contributed by atoms with Gasteiger partial charge in [0.05, 0.1) is 10.1 Å². The number of rotatable bonds is 0. The first-order valence-corrected chi connectivity index (χ1v) is 11.6. The van der Waals surface area contributed by atoms with E-state index in [1.807, 2.05) is 21.6 Å². The molecule has 0 saturated heterocycles. The predicted molar refractivity (Wildman–Crippen MR) is 102 cm³/mol. The van der Waals surface area contributed by atoms with Crippen molar-refractivity contribution < 1.29 is 0 Å². The van der Waals surface area contributed by atoms with Crippen molar-refractivity contribution in [2.24, 2.45) is 0 Å². The Morgan fingerprint density at radius 2 is 1.05 bits per heavy atom. The Hall–Kier alpha value is -1.08. The number of fused-ring (bicyclic) bond motifs is 7. The van der Waals surface area contributed by atoms with Crippen LogP contribution in [0.15, 0.2) is 58.6 Å². The molecule has 5 rings (SSSR count). The molecule has 0 atom stereocenters. The molecule has 22 heavy (non-hydrogen) atoms. The molecule has 0 fully saturated rings. The van der Waals surface area contributed by atoms with Gasteiger partial charge in [-0.1, -0.05) is 36.4 Å². The zero-order valence-electron chi connectivity index (χ0n) is 11.3. The lowest BCUT2D eigenvalue weighted by molar-refractivity contribution is 1.22. The van der Waals surface area contributed by atoms with Crippen LogP contribution in [0.3, 0.4) is 0 Å². The molecule has 0 aliphatic carbocycles. The van der Waals surface area contributed by atoms with E-state index in [-0.39, 0.29) is 0 Å². The number of hydrogen-bond donors (Lipinski definition) is 2. The minimum Gasteiger partial charge on any atom is -0.349 e. The highest BCUT2D eigenvalue weighted by Crippen LogP contribution is 2.58. The number of hydrogen-bond acceptors (Lipinski definition) is 4.